The number of amides is 1. The smallest absolute Gasteiger partial charge is 0.416 e. The number of nitrogens with zero attached hydrogens (tertiary/aromatic N) is 1. The Bertz CT molecular complexity index is 554. The molecular formula is C14H14F3NO3. The lowest BCUT2D eigenvalue weighted by molar-refractivity contribution is -0.141. The van der Waals surface area contributed by atoms with Crippen molar-refractivity contribution >= 4 is 11.9 Å². The van der Waals surface area contributed by atoms with E-state index in [1.807, 2.05) is 0 Å². The molecule has 21 heavy (non-hydrogen) atoms. The van der Waals surface area contributed by atoms with Gasteiger partial charge in [-0.3, -0.25) is 9.59 Å². The summed E-state index contributed by atoms with van der Waals surface area (Å²) in [6.45, 7) is 0.153. The number of carbonyl (C=O) groups is 2. The van der Waals surface area contributed by atoms with Crippen molar-refractivity contribution in [2.24, 2.45) is 11.8 Å². The van der Waals surface area contributed by atoms with Crippen LogP contribution in [0.5, 0.6) is 0 Å². The lowest BCUT2D eigenvalue weighted by Gasteiger charge is -2.17. The Balaban J connectivity index is 1.95. The topological polar surface area (TPSA) is 57.6 Å². The van der Waals surface area contributed by atoms with Gasteiger partial charge in [0.15, 0.2) is 0 Å². The number of rotatable bonds is 4. The van der Waals surface area contributed by atoms with Crippen LogP contribution in [0.3, 0.4) is 0 Å². The summed E-state index contributed by atoms with van der Waals surface area (Å²) in [6, 6.07) is 4.55. The molecule has 1 fully saturated rings. The van der Waals surface area contributed by atoms with Crippen LogP contribution in [0.15, 0.2) is 24.3 Å². The number of hydrogen-bond acceptors (Lipinski definition) is 2. The number of carbonyl (C=O) groups excluding carboxylic acids is 1. The van der Waals surface area contributed by atoms with Crippen molar-refractivity contribution in [2.75, 3.05) is 7.05 Å². The highest BCUT2D eigenvalue weighted by molar-refractivity contribution is 5.89. The summed E-state index contributed by atoms with van der Waals surface area (Å²) in [7, 11) is 1.51. The zero-order valence-electron chi connectivity index (χ0n) is 11.2. The minimum atomic E-state index is -4.39. The van der Waals surface area contributed by atoms with Gasteiger partial charge in [0, 0.05) is 13.6 Å². The number of aliphatic carboxylic acids is 1. The lowest BCUT2D eigenvalue weighted by atomic mass is 10.1. The van der Waals surface area contributed by atoms with E-state index in [1.54, 1.807) is 0 Å². The molecule has 1 aliphatic carbocycles. The number of alkyl halides is 3. The van der Waals surface area contributed by atoms with Crippen LogP contribution >= 0.6 is 0 Å². The molecule has 0 aliphatic heterocycles. The first-order valence-electron chi connectivity index (χ1n) is 6.34. The molecule has 1 aromatic carbocycles. The zero-order chi connectivity index (χ0) is 15.8. The number of carboxylic acids is 1. The average molecular weight is 301 g/mol. The van der Waals surface area contributed by atoms with Gasteiger partial charge >= 0.3 is 12.1 Å². The Kier molecular flexibility index (Phi) is 3.93. The summed E-state index contributed by atoms with van der Waals surface area (Å²) in [5, 5.41) is 8.77. The van der Waals surface area contributed by atoms with E-state index in [2.05, 4.69) is 0 Å². The molecule has 0 heterocycles. The van der Waals surface area contributed by atoms with Crippen LogP contribution in [-0.4, -0.2) is 28.9 Å². The van der Waals surface area contributed by atoms with Gasteiger partial charge in [-0.25, -0.2) is 0 Å². The summed E-state index contributed by atoms with van der Waals surface area (Å²) in [5.41, 5.74) is -0.181. The van der Waals surface area contributed by atoms with Crippen molar-refractivity contribution in [3.05, 3.63) is 35.4 Å². The van der Waals surface area contributed by atoms with E-state index in [4.69, 9.17) is 5.11 Å². The summed E-state index contributed by atoms with van der Waals surface area (Å²) in [5.74, 6) is -2.42. The average Bonchev–Trinajstić information content (AvgIpc) is 3.17. The second kappa shape index (κ2) is 5.38. The molecule has 1 aliphatic rings. The van der Waals surface area contributed by atoms with Gasteiger partial charge in [-0.05, 0) is 24.1 Å². The van der Waals surface area contributed by atoms with Gasteiger partial charge in [0.1, 0.15) is 0 Å². The Morgan fingerprint density at radius 2 is 1.81 bits per heavy atom. The van der Waals surface area contributed by atoms with Gasteiger partial charge in [-0.15, -0.1) is 0 Å². The second-order valence-corrected chi connectivity index (χ2v) is 5.18. The quantitative estimate of drug-likeness (QED) is 0.929. The van der Waals surface area contributed by atoms with E-state index in [-0.39, 0.29) is 12.5 Å². The van der Waals surface area contributed by atoms with Crippen LogP contribution in [0.1, 0.15) is 17.5 Å². The fourth-order valence-corrected chi connectivity index (χ4v) is 2.17. The van der Waals surface area contributed by atoms with E-state index in [1.165, 1.54) is 24.1 Å². The van der Waals surface area contributed by atoms with Gasteiger partial charge in [-0.1, -0.05) is 12.1 Å². The molecule has 114 valence electrons. The van der Waals surface area contributed by atoms with Crippen LogP contribution in [0.2, 0.25) is 0 Å². The van der Waals surface area contributed by atoms with Gasteiger partial charge in [0.25, 0.3) is 0 Å². The van der Waals surface area contributed by atoms with Crippen LogP contribution in [0, 0.1) is 11.8 Å². The third-order valence-corrected chi connectivity index (χ3v) is 3.50. The predicted molar refractivity (Wildman–Crippen MR) is 67.2 cm³/mol. The maximum absolute atomic E-state index is 12.4. The summed E-state index contributed by atoms with van der Waals surface area (Å²) in [6.07, 6.45) is -4.06. The Labute approximate surface area is 119 Å². The highest BCUT2D eigenvalue weighted by Crippen LogP contribution is 2.40. The normalized spacial score (nSPS) is 21.0. The standard InChI is InChI=1S/C14H14F3NO3/c1-18(12(19)10-6-11(10)13(20)21)7-8-2-4-9(5-3-8)14(15,16)17/h2-5,10-11H,6-7H2,1H3,(H,20,21)/t10-,11+/m1/s1. The maximum atomic E-state index is 12.4. The van der Waals surface area contributed by atoms with E-state index in [0.29, 0.717) is 12.0 Å². The molecule has 7 heteroatoms. The van der Waals surface area contributed by atoms with Crippen molar-refractivity contribution < 1.29 is 27.9 Å². The van der Waals surface area contributed by atoms with Crippen molar-refractivity contribution in [1.82, 2.24) is 4.90 Å². The molecular weight excluding hydrogens is 287 g/mol. The molecule has 0 saturated heterocycles. The molecule has 1 saturated carbocycles. The molecule has 0 spiro atoms. The third kappa shape index (κ3) is 3.53. The van der Waals surface area contributed by atoms with Crippen molar-refractivity contribution in [1.29, 1.82) is 0 Å². The number of carboxylic acid groups (broad SMARTS) is 1. The molecule has 0 bridgehead atoms. The third-order valence-electron chi connectivity index (χ3n) is 3.50. The van der Waals surface area contributed by atoms with Gasteiger partial charge in [0.2, 0.25) is 5.91 Å². The maximum Gasteiger partial charge on any atom is 0.416 e. The minimum absolute atomic E-state index is 0.153. The fourth-order valence-electron chi connectivity index (χ4n) is 2.17. The first-order chi connectivity index (χ1) is 9.70. The molecule has 1 amide bonds. The van der Waals surface area contributed by atoms with Crippen LogP contribution in [-0.2, 0) is 22.3 Å². The Morgan fingerprint density at radius 3 is 2.24 bits per heavy atom. The summed E-state index contributed by atoms with van der Waals surface area (Å²) < 4.78 is 37.3. The van der Waals surface area contributed by atoms with Crippen molar-refractivity contribution in [2.45, 2.75) is 19.1 Å². The van der Waals surface area contributed by atoms with E-state index in [9.17, 15) is 22.8 Å². The number of halogens is 3. The van der Waals surface area contributed by atoms with E-state index in [0.717, 1.165) is 12.1 Å². The first-order valence-corrected chi connectivity index (χ1v) is 6.34. The molecule has 0 radical (unpaired) electrons. The lowest BCUT2D eigenvalue weighted by Crippen LogP contribution is -2.28. The fraction of sp³-hybridized carbons (Fsp3) is 0.429. The number of benzene rings is 1. The Hall–Kier alpha value is -2.05. The van der Waals surface area contributed by atoms with Crippen LogP contribution in [0.25, 0.3) is 0 Å². The Morgan fingerprint density at radius 1 is 1.24 bits per heavy atom. The van der Waals surface area contributed by atoms with E-state index >= 15 is 0 Å². The highest BCUT2D eigenvalue weighted by atomic mass is 19.4. The molecule has 1 aromatic rings. The van der Waals surface area contributed by atoms with Gasteiger partial charge in [-0.2, -0.15) is 13.2 Å². The van der Waals surface area contributed by atoms with Crippen molar-refractivity contribution in [3.8, 4) is 0 Å². The predicted octanol–water partition coefficient (Wildman–Crippen LogP) is 2.38. The molecule has 2 atom stereocenters. The molecule has 1 N–H and O–H groups in total. The monoisotopic (exact) mass is 301 g/mol. The highest BCUT2D eigenvalue weighted by Gasteiger charge is 2.49. The molecule has 2 rings (SSSR count). The van der Waals surface area contributed by atoms with E-state index < -0.39 is 29.5 Å². The van der Waals surface area contributed by atoms with Crippen LogP contribution < -0.4 is 0 Å². The largest absolute Gasteiger partial charge is 0.481 e. The summed E-state index contributed by atoms with van der Waals surface area (Å²) >= 11 is 0. The second-order valence-electron chi connectivity index (χ2n) is 5.18. The van der Waals surface area contributed by atoms with Gasteiger partial charge < -0.3 is 10.0 Å². The summed E-state index contributed by atoms with van der Waals surface area (Å²) in [4.78, 5) is 24.0. The van der Waals surface area contributed by atoms with Crippen molar-refractivity contribution in [3.63, 3.8) is 0 Å². The van der Waals surface area contributed by atoms with Crippen LogP contribution in [0.4, 0.5) is 13.2 Å². The minimum Gasteiger partial charge on any atom is -0.481 e. The number of hydrogen-bond donors (Lipinski definition) is 1. The first kappa shape index (κ1) is 15.3. The molecule has 0 unspecified atom stereocenters. The molecule has 0 aromatic heterocycles. The SMILES string of the molecule is CN(Cc1ccc(C(F)(F)F)cc1)C(=O)[C@@H]1C[C@@H]1C(=O)O. The van der Waals surface area contributed by atoms with Gasteiger partial charge in [0.05, 0.1) is 17.4 Å². The zero-order valence-corrected chi connectivity index (χ0v) is 11.2. The molecule has 4 nitrogen and oxygen atoms in total.